The molecule has 0 radical (unpaired) electrons. The van der Waals surface area contributed by atoms with Crippen molar-refractivity contribution in [2.24, 2.45) is 29.4 Å². The molecule has 1 nitrogen and oxygen atoms in total. The fourth-order valence-corrected chi connectivity index (χ4v) is 4.40. The standard InChI is InChI=1S/C18H27N/c1-12-8-13(2)10-15(9-12)18(19)17-11-16(17)14-6-4-3-5-7-14/h3-7,12-13,15-18H,8-11,19H2,1-2H3. The van der Waals surface area contributed by atoms with Gasteiger partial charge in [0.25, 0.3) is 0 Å². The van der Waals surface area contributed by atoms with Crippen LogP contribution in [0, 0.1) is 23.7 Å². The molecule has 104 valence electrons. The van der Waals surface area contributed by atoms with Crippen molar-refractivity contribution in [1.29, 1.82) is 0 Å². The molecule has 0 saturated heterocycles. The number of benzene rings is 1. The van der Waals surface area contributed by atoms with E-state index in [1.807, 2.05) is 0 Å². The number of nitrogens with two attached hydrogens (primary N) is 1. The SMILES string of the molecule is CC1CC(C)CC(C(N)C2CC2c2ccccc2)C1. The van der Waals surface area contributed by atoms with E-state index in [2.05, 4.69) is 44.2 Å². The molecule has 2 aliphatic carbocycles. The van der Waals surface area contributed by atoms with Crippen LogP contribution in [0.1, 0.15) is 51.0 Å². The van der Waals surface area contributed by atoms with E-state index in [9.17, 15) is 0 Å². The van der Waals surface area contributed by atoms with E-state index >= 15 is 0 Å². The maximum Gasteiger partial charge on any atom is 0.0102 e. The zero-order valence-electron chi connectivity index (χ0n) is 12.3. The first kappa shape index (κ1) is 13.2. The molecule has 0 amide bonds. The summed E-state index contributed by atoms with van der Waals surface area (Å²) in [6, 6.07) is 11.4. The first-order valence-corrected chi connectivity index (χ1v) is 7.95. The van der Waals surface area contributed by atoms with Gasteiger partial charge in [0.15, 0.2) is 0 Å². The van der Waals surface area contributed by atoms with Crippen molar-refractivity contribution in [3.8, 4) is 0 Å². The second-order valence-corrected chi connectivity index (χ2v) is 7.17. The van der Waals surface area contributed by atoms with E-state index in [0.717, 1.165) is 29.6 Å². The van der Waals surface area contributed by atoms with Gasteiger partial charge < -0.3 is 5.73 Å². The molecule has 0 aliphatic heterocycles. The van der Waals surface area contributed by atoms with Crippen molar-refractivity contribution in [2.75, 3.05) is 0 Å². The predicted molar refractivity (Wildman–Crippen MR) is 80.9 cm³/mol. The van der Waals surface area contributed by atoms with Gasteiger partial charge >= 0.3 is 0 Å². The average Bonchev–Trinajstić information content (AvgIpc) is 3.18. The highest BCUT2D eigenvalue weighted by Crippen LogP contribution is 2.52. The first-order chi connectivity index (χ1) is 9.15. The number of hydrogen-bond donors (Lipinski definition) is 1. The van der Waals surface area contributed by atoms with Gasteiger partial charge in [-0.15, -0.1) is 0 Å². The minimum Gasteiger partial charge on any atom is -0.327 e. The third kappa shape index (κ3) is 2.86. The van der Waals surface area contributed by atoms with E-state index in [-0.39, 0.29) is 0 Å². The van der Waals surface area contributed by atoms with Crippen LogP contribution >= 0.6 is 0 Å². The van der Waals surface area contributed by atoms with Gasteiger partial charge in [0.05, 0.1) is 0 Å². The summed E-state index contributed by atoms with van der Waals surface area (Å²) in [5.74, 6) is 3.98. The van der Waals surface area contributed by atoms with E-state index in [0.29, 0.717) is 6.04 Å². The van der Waals surface area contributed by atoms with E-state index < -0.39 is 0 Å². The zero-order valence-corrected chi connectivity index (χ0v) is 12.3. The molecule has 0 heterocycles. The van der Waals surface area contributed by atoms with Gasteiger partial charge in [-0.3, -0.25) is 0 Å². The molecule has 1 heteroatoms. The van der Waals surface area contributed by atoms with Crippen molar-refractivity contribution >= 4 is 0 Å². The summed E-state index contributed by atoms with van der Waals surface area (Å²) in [5, 5.41) is 0. The largest absolute Gasteiger partial charge is 0.327 e. The monoisotopic (exact) mass is 257 g/mol. The fraction of sp³-hybridized carbons (Fsp3) is 0.667. The van der Waals surface area contributed by atoms with Crippen LogP contribution in [0.2, 0.25) is 0 Å². The molecule has 19 heavy (non-hydrogen) atoms. The lowest BCUT2D eigenvalue weighted by atomic mass is 9.73. The Morgan fingerprint density at radius 1 is 0.947 bits per heavy atom. The molecule has 5 unspecified atom stereocenters. The maximum atomic E-state index is 6.61. The second kappa shape index (κ2) is 5.28. The molecule has 0 aromatic heterocycles. The Morgan fingerprint density at radius 2 is 1.58 bits per heavy atom. The Bertz CT molecular complexity index is 403. The van der Waals surface area contributed by atoms with Crippen LogP contribution in [-0.4, -0.2) is 6.04 Å². The average molecular weight is 257 g/mol. The van der Waals surface area contributed by atoms with E-state index in [1.165, 1.54) is 31.2 Å². The molecule has 1 aromatic carbocycles. The molecular formula is C18H27N. The van der Waals surface area contributed by atoms with Crippen LogP contribution in [0.3, 0.4) is 0 Å². The van der Waals surface area contributed by atoms with Crippen LogP contribution in [0.4, 0.5) is 0 Å². The lowest BCUT2D eigenvalue weighted by Crippen LogP contribution is -2.37. The number of rotatable bonds is 3. The third-order valence-electron chi connectivity index (χ3n) is 5.32. The summed E-state index contributed by atoms with van der Waals surface area (Å²) < 4.78 is 0. The predicted octanol–water partition coefficient (Wildman–Crippen LogP) is 4.19. The Hall–Kier alpha value is -0.820. The lowest BCUT2D eigenvalue weighted by Gasteiger charge is -2.35. The zero-order chi connectivity index (χ0) is 13.4. The third-order valence-corrected chi connectivity index (χ3v) is 5.32. The molecule has 3 rings (SSSR count). The van der Waals surface area contributed by atoms with Gasteiger partial charge in [0, 0.05) is 6.04 Å². The van der Waals surface area contributed by atoms with Crippen molar-refractivity contribution in [1.82, 2.24) is 0 Å². The van der Waals surface area contributed by atoms with Gasteiger partial charge in [-0.25, -0.2) is 0 Å². The topological polar surface area (TPSA) is 26.0 Å². The molecular weight excluding hydrogens is 230 g/mol. The normalized spacial score (nSPS) is 39.8. The molecule has 1 aromatic rings. The lowest BCUT2D eigenvalue weighted by molar-refractivity contribution is 0.183. The molecule has 0 bridgehead atoms. The van der Waals surface area contributed by atoms with Crippen molar-refractivity contribution in [3.05, 3.63) is 35.9 Å². The van der Waals surface area contributed by atoms with Crippen molar-refractivity contribution < 1.29 is 0 Å². The quantitative estimate of drug-likeness (QED) is 0.863. The summed E-state index contributed by atoms with van der Waals surface area (Å²) in [4.78, 5) is 0. The molecule has 2 fully saturated rings. The Labute approximate surface area is 117 Å². The van der Waals surface area contributed by atoms with Crippen LogP contribution in [0.25, 0.3) is 0 Å². The van der Waals surface area contributed by atoms with Gasteiger partial charge in [-0.05, 0) is 60.8 Å². The highest BCUT2D eigenvalue weighted by Gasteiger charge is 2.45. The van der Waals surface area contributed by atoms with Crippen LogP contribution in [0.15, 0.2) is 30.3 Å². The second-order valence-electron chi connectivity index (χ2n) is 7.17. The van der Waals surface area contributed by atoms with Gasteiger partial charge in [-0.2, -0.15) is 0 Å². The molecule has 2 aliphatic rings. The van der Waals surface area contributed by atoms with Crippen LogP contribution in [-0.2, 0) is 0 Å². The summed E-state index contributed by atoms with van der Waals surface area (Å²) in [7, 11) is 0. The Kier molecular flexibility index (Phi) is 3.66. The number of hydrogen-bond acceptors (Lipinski definition) is 1. The fourth-order valence-electron chi connectivity index (χ4n) is 4.40. The van der Waals surface area contributed by atoms with Gasteiger partial charge in [0.2, 0.25) is 0 Å². The highest BCUT2D eigenvalue weighted by molar-refractivity contribution is 5.26. The van der Waals surface area contributed by atoms with E-state index in [1.54, 1.807) is 0 Å². The Balaban J connectivity index is 1.62. The van der Waals surface area contributed by atoms with Crippen molar-refractivity contribution in [2.45, 2.75) is 51.5 Å². The maximum absolute atomic E-state index is 6.61. The minimum absolute atomic E-state index is 0.426. The molecule has 0 spiro atoms. The van der Waals surface area contributed by atoms with Gasteiger partial charge in [-0.1, -0.05) is 44.2 Å². The minimum atomic E-state index is 0.426. The Morgan fingerprint density at radius 3 is 2.21 bits per heavy atom. The summed E-state index contributed by atoms with van der Waals surface area (Å²) in [6.07, 6.45) is 5.41. The van der Waals surface area contributed by atoms with Crippen LogP contribution in [0.5, 0.6) is 0 Å². The first-order valence-electron chi connectivity index (χ1n) is 7.95. The smallest absolute Gasteiger partial charge is 0.0102 e. The van der Waals surface area contributed by atoms with Gasteiger partial charge in [0.1, 0.15) is 0 Å². The van der Waals surface area contributed by atoms with Crippen LogP contribution < -0.4 is 5.73 Å². The van der Waals surface area contributed by atoms with E-state index in [4.69, 9.17) is 5.73 Å². The summed E-state index contributed by atoms with van der Waals surface area (Å²) >= 11 is 0. The van der Waals surface area contributed by atoms with Crippen molar-refractivity contribution in [3.63, 3.8) is 0 Å². The molecule has 2 saturated carbocycles. The molecule has 2 N–H and O–H groups in total. The molecule has 5 atom stereocenters. The highest BCUT2D eigenvalue weighted by atomic mass is 14.7. The summed E-state index contributed by atoms with van der Waals surface area (Å²) in [6.45, 7) is 4.80. The summed E-state index contributed by atoms with van der Waals surface area (Å²) in [5.41, 5.74) is 8.11.